The van der Waals surface area contributed by atoms with Gasteiger partial charge >= 0.3 is 0 Å². The van der Waals surface area contributed by atoms with Crippen molar-refractivity contribution in [2.45, 2.75) is 39.0 Å². The standard InChI is InChI=1S/C12H18ClNO2/c1-8(15)12(2,3)14-7-9-4-5-11(16)10(13)6-9/h4-6,8,14-16H,7H2,1-3H3. The van der Waals surface area contributed by atoms with Gasteiger partial charge in [-0.25, -0.2) is 0 Å². The minimum atomic E-state index is -0.444. The van der Waals surface area contributed by atoms with Crippen molar-refractivity contribution in [3.8, 4) is 5.75 Å². The Kier molecular flexibility index (Phi) is 4.19. The maximum absolute atomic E-state index is 9.53. The average Bonchev–Trinajstić information content (AvgIpc) is 2.20. The zero-order valence-electron chi connectivity index (χ0n) is 9.79. The molecule has 1 unspecified atom stereocenters. The predicted molar refractivity (Wildman–Crippen MR) is 65.7 cm³/mol. The number of halogens is 1. The molecular weight excluding hydrogens is 226 g/mol. The minimum Gasteiger partial charge on any atom is -0.506 e. The quantitative estimate of drug-likeness (QED) is 0.761. The Morgan fingerprint density at radius 2 is 2.06 bits per heavy atom. The van der Waals surface area contributed by atoms with E-state index in [0.29, 0.717) is 11.6 Å². The number of hydrogen-bond donors (Lipinski definition) is 3. The summed E-state index contributed by atoms with van der Waals surface area (Å²) in [5, 5.41) is 22.4. The van der Waals surface area contributed by atoms with Crippen molar-refractivity contribution in [2.75, 3.05) is 0 Å². The van der Waals surface area contributed by atoms with Crippen LogP contribution >= 0.6 is 11.6 Å². The van der Waals surface area contributed by atoms with E-state index in [2.05, 4.69) is 5.32 Å². The van der Waals surface area contributed by atoms with Crippen LogP contribution in [0.2, 0.25) is 5.02 Å². The van der Waals surface area contributed by atoms with E-state index in [1.807, 2.05) is 13.8 Å². The number of phenolic OH excluding ortho intramolecular Hbond substituents is 1. The van der Waals surface area contributed by atoms with Gasteiger partial charge in [-0.05, 0) is 38.5 Å². The van der Waals surface area contributed by atoms with Crippen LogP contribution in [0, 0.1) is 0 Å². The third-order valence-electron chi connectivity index (χ3n) is 2.80. The molecule has 0 aliphatic heterocycles. The molecule has 0 aliphatic carbocycles. The fourth-order valence-corrected chi connectivity index (χ4v) is 1.34. The maximum atomic E-state index is 9.53. The monoisotopic (exact) mass is 243 g/mol. The second-order valence-corrected chi connectivity index (χ2v) is 4.94. The van der Waals surface area contributed by atoms with Crippen molar-refractivity contribution in [2.24, 2.45) is 0 Å². The highest BCUT2D eigenvalue weighted by molar-refractivity contribution is 6.32. The van der Waals surface area contributed by atoms with E-state index < -0.39 is 6.10 Å². The van der Waals surface area contributed by atoms with Crippen molar-refractivity contribution in [1.82, 2.24) is 5.32 Å². The van der Waals surface area contributed by atoms with E-state index in [4.69, 9.17) is 11.6 Å². The molecule has 4 heteroatoms. The highest BCUT2D eigenvalue weighted by atomic mass is 35.5. The van der Waals surface area contributed by atoms with E-state index in [1.165, 1.54) is 0 Å². The number of phenols is 1. The van der Waals surface area contributed by atoms with Gasteiger partial charge in [0.2, 0.25) is 0 Å². The molecule has 3 nitrogen and oxygen atoms in total. The smallest absolute Gasteiger partial charge is 0.134 e. The number of hydrogen-bond acceptors (Lipinski definition) is 3. The van der Waals surface area contributed by atoms with Crippen LogP contribution in [0.1, 0.15) is 26.3 Å². The van der Waals surface area contributed by atoms with E-state index >= 15 is 0 Å². The molecule has 0 saturated carbocycles. The second kappa shape index (κ2) is 5.04. The van der Waals surface area contributed by atoms with Crippen LogP contribution in [-0.4, -0.2) is 21.9 Å². The largest absolute Gasteiger partial charge is 0.506 e. The van der Waals surface area contributed by atoms with Crippen LogP contribution in [0.4, 0.5) is 0 Å². The number of aliphatic hydroxyl groups excluding tert-OH is 1. The van der Waals surface area contributed by atoms with E-state index in [9.17, 15) is 10.2 Å². The molecule has 0 heterocycles. The van der Waals surface area contributed by atoms with Crippen LogP contribution in [0.3, 0.4) is 0 Å². The van der Waals surface area contributed by atoms with Gasteiger partial charge in [-0.15, -0.1) is 0 Å². The summed E-state index contributed by atoms with van der Waals surface area (Å²) >= 11 is 5.80. The van der Waals surface area contributed by atoms with Gasteiger partial charge in [-0.2, -0.15) is 0 Å². The van der Waals surface area contributed by atoms with Crippen molar-refractivity contribution < 1.29 is 10.2 Å². The van der Waals surface area contributed by atoms with Gasteiger partial charge in [-0.3, -0.25) is 0 Å². The van der Waals surface area contributed by atoms with Crippen LogP contribution in [-0.2, 0) is 6.54 Å². The molecule has 0 fully saturated rings. The average molecular weight is 244 g/mol. The lowest BCUT2D eigenvalue weighted by Crippen LogP contribution is -2.47. The van der Waals surface area contributed by atoms with Gasteiger partial charge in [0.15, 0.2) is 0 Å². The summed E-state index contributed by atoms with van der Waals surface area (Å²) in [4.78, 5) is 0. The first-order chi connectivity index (χ1) is 7.33. The lowest BCUT2D eigenvalue weighted by molar-refractivity contribution is 0.0956. The Labute approximate surface area is 101 Å². The Morgan fingerprint density at radius 3 is 2.56 bits per heavy atom. The van der Waals surface area contributed by atoms with Gasteiger partial charge in [0.05, 0.1) is 11.1 Å². The fraction of sp³-hybridized carbons (Fsp3) is 0.500. The number of aliphatic hydroxyl groups is 1. The molecule has 90 valence electrons. The summed E-state index contributed by atoms with van der Waals surface area (Å²) in [5.41, 5.74) is 0.612. The minimum absolute atomic E-state index is 0.0835. The molecule has 0 radical (unpaired) electrons. The zero-order chi connectivity index (χ0) is 12.3. The molecule has 0 bridgehead atoms. The molecule has 1 aromatic carbocycles. The Morgan fingerprint density at radius 1 is 1.44 bits per heavy atom. The SMILES string of the molecule is CC(O)C(C)(C)NCc1ccc(O)c(Cl)c1. The van der Waals surface area contributed by atoms with Crippen LogP contribution in [0.25, 0.3) is 0 Å². The summed E-state index contributed by atoms with van der Waals surface area (Å²) in [7, 11) is 0. The molecule has 1 atom stereocenters. The van der Waals surface area contributed by atoms with Gasteiger partial charge in [-0.1, -0.05) is 17.7 Å². The van der Waals surface area contributed by atoms with Crippen molar-refractivity contribution in [3.63, 3.8) is 0 Å². The lowest BCUT2D eigenvalue weighted by atomic mass is 9.98. The summed E-state index contributed by atoms with van der Waals surface area (Å²) in [6.45, 7) is 6.20. The highest BCUT2D eigenvalue weighted by Gasteiger charge is 2.22. The van der Waals surface area contributed by atoms with Crippen LogP contribution < -0.4 is 5.32 Å². The maximum Gasteiger partial charge on any atom is 0.134 e. The number of aromatic hydroxyl groups is 1. The first-order valence-corrected chi connectivity index (χ1v) is 5.61. The lowest BCUT2D eigenvalue weighted by Gasteiger charge is -2.29. The fourth-order valence-electron chi connectivity index (χ4n) is 1.14. The number of nitrogens with one attached hydrogen (secondary N) is 1. The Bertz CT molecular complexity index is 364. The number of benzene rings is 1. The van der Waals surface area contributed by atoms with Gasteiger partial charge < -0.3 is 15.5 Å². The van der Waals surface area contributed by atoms with E-state index in [-0.39, 0.29) is 11.3 Å². The molecule has 0 aromatic heterocycles. The normalized spacial score (nSPS) is 13.8. The first-order valence-electron chi connectivity index (χ1n) is 5.23. The zero-order valence-corrected chi connectivity index (χ0v) is 10.5. The first kappa shape index (κ1) is 13.3. The molecule has 0 aliphatic rings. The molecule has 0 amide bonds. The third-order valence-corrected chi connectivity index (χ3v) is 3.11. The summed E-state index contributed by atoms with van der Waals surface area (Å²) in [6.07, 6.45) is -0.444. The topological polar surface area (TPSA) is 52.5 Å². The van der Waals surface area contributed by atoms with Gasteiger partial charge in [0.1, 0.15) is 5.75 Å². The summed E-state index contributed by atoms with van der Waals surface area (Å²) < 4.78 is 0. The second-order valence-electron chi connectivity index (χ2n) is 4.54. The van der Waals surface area contributed by atoms with Gasteiger partial charge in [0.25, 0.3) is 0 Å². The number of rotatable bonds is 4. The van der Waals surface area contributed by atoms with Gasteiger partial charge in [0, 0.05) is 12.1 Å². The molecular formula is C12H18ClNO2. The van der Waals surface area contributed by atoms with Crippen molar-refractivity contribution >= 4 is 11.6 Å². The van der Waals surface area contributed by atoms with Crippen LogP contribution in [0.5, 0.6) is 5.75 Å². The third kappa shape index (κ3) is 3.37. The molecule has 3 N–H and O–H groups in total. The molecule has 1 aromatic rings. The Hall–Kier alpha value is -0.770. The molecule has 16 heavy (non-hydrogen) atoms. The predicted octanol–water partition coefficient (Wildman–Crippen LogP) is 2.29. The van der Waals surface area contributed by atoms with E-state index in [1.54, 1.807) is 25.1 Å². The highest BCUT2D eigenvalue weighted by Crippen LogP contribution is 2.23. The van der Waals surface area contributed by atoms with Crippen LogP contribution in [0.15, 0.2) is 18.2 Å². The van der Waals surface area contributed by atoms with Crippen molar-refractivity contribution in [1.29, 1.82) is 0 Å². The van der Waals surface area contributed by atoms with E-state index in [0.717, 1.165) is 5.56 Å². The molecule has 0 spiro atoms. The summed E-state index contributed by atoms with van der Waals surface area (Å²) in [5.74, 6) is 0.0835. The van der Waals surface area contributed by atoms with Crippen molar-refractivity contribution in [3.05, 3.63) is 28.8 Å². The molecule has 0 saturated heterocycles. The molecule has 1 rings (SSSR count). The Balaban J connectivity index is 2.65. The summed E-state index contributed by atoms with van der Waals surface area (Å²) in [6, 6.07) is 5.07.